The number of benzene rings is 2. The number of rotatable bonds is 15. The Balaban J connectivity index is 1.88. The van der Waals surface area contributed by atoms with Crippen molar-refractivity contribution in [3.63, 3.8) is 0 Å². The Kier molecular flexibility index (Phi) is 10.3. The van der Waals surface area contributed by atoms with Crippen LogP contribution in [0.5, 0.6) is 5.75 Å². The van der Waals surface area contributed by atoms with Crippen LogP contribution in [0.1, 0.15) is 28.8 Å². The van der Waals surface area contributed by atoms with Crippen molar-refractivity contribution in [1.82, 2.24) is 0 Å². The van der Waals surface area contributed by atoms with Crippen LogP contribution < -0.4 is 4.74 Å². The van der Waals surface area contributed by atoms with Crippen molar-refractivity contribution in [1.29, 1.82) is 0 Å². The molecule has 9 heteroatoms. The SMILES string of the molecule is O=C(c1ccccc1)c1ccc(OCCC[N+](CCO)(CCO)CCCS(=O)(=O)O)cc1. The van der Waals surface area contributed by atoms with Gasteiger partial charge in [0.2, 0.25) is 0 Å². The molecule has 0 unspecified atom stereocenters. The van der Waals surface area contributed by atoms with E-state index in [1.54, 1.807) is 36.4 Å². The first-order valence-electron chi connectivity index (χ1n) is 10.6. The minimum Gasteiger partial charge on any atom is -0.493 e. The van der Waals surface area contributed by atoms with Crippen LogP contribution in [0.4, 0.5) is 0 Å². The molecule has 176 valence electrons. The lowest BCUT2D eigenvalue weighted by Crippen LogP contribution is -2.53. The molecule has 2 aromatic carbocycles. The van der Waals surface area contributed by atoms with Crippen LogP contribution >= 0.6 is 0 Å². The quantitative estimate of drug-likeness (QED) is 0.158. The zero-order valence-corrected chi connectivity index (χ0v) is 18.9. The summed E-state index contributed by atoms with van der Waals surface area (Å²) in [5.74, 6) is 0.217. The fraction of sp³-hybridized carbons (Fsp3) is 0.435. The average Bonchev–Trinajstić information content (AvgIpc) is 2.77. The Labute approximate surface area is 189 Å². The molecule has 0 bridgehead atoms. The van der Waals surface area contributed by atoms with Gasteiger partial charge in [0, 0.05) is 24.0 Å². The van der Waals surface area contributed by atoms with Crippen molar-refractivity contribution in [2.45, 2.75) is 12.8 Å². The van der Waals surface area contributed by atoms with Crippen LogP contribution in [-0.4, -0.2) is 85.2 Å². The van der Waals surface area contributed by atoms with E-state index < -0.39 is 10.1 Å². The fourth-order valence-electron chi connectivity index (χ4n) is 3.73. The Morgan fingerprint density at radius 3 is 1.94 bits per heavy atom. The minimum atomic E-state index is -4.05. The fourth-order valence-corrected chi connectivity index (χ4v) is 4.22. The lowest BCUT2D eigenvalue weighted by Gasteiger charge is -2.38. The number of carbonyl (C=O) groups is 1. The first-order valence-corrected chi connectivity index (χ1v) is 12.2. The highest BCUT2D eigenvalue weighted by Crippen LogP contribution is 2.16. The van der Waals surface area contributed by atoms with Gasteiger partial charge in [-0.3, -0.25) is 9.35 Å². The van der Waals surface area contributed by atoms with Crippen LogP contribution in [-0.2, 0) is 10.1 Å². The molecule has 0 aliphatic rings. The summed E-state index contributed by atoms with van der Waals surface area (Å²) in [6, 6.07) is 16.0. The lowest BCUT2D eigenvalue weighted by atomic mass is 10.0. The zero-order valence-electron chi connectivity index (χ0n) is 18.1. The molecule has 0 radical (unpaired) electrons. The van der Waals surface area contributed by atoms with Gasteiger partial charge >= 0.3 is 0 Å². The first kappa shape index (κ1) is 26.0. The molecule has 0 heterocycles. The van der Waals surface area contributed by atoms with E-state index >= 15 is 0 Å². The van der Waals surface area contributed by atoms with Gasteiger partial charge in [0.1, 0.15) is 18.8 Å². The first-order chi connectivity index (χ1) is 15.3. The molecule has 0 saturated carbocycles. The van der Waals surface area contributed by atoms with Crippen molar-refractivity contribution < 1.29 is 37.2 Å². The highest BCUT2D eigenvalue weighted by atomic mass is 32.2. The highest BCUT2D eigenvalue weighted by Gasteiger charge is 2.26. The predicted octanol–water partition coefficient (Wildman–Crippen LogP) is 1.77. The van der Waals surface area contributed by atoms with Gasteiger partial charge in [-0.05, 0) is 24.3 Å². The van der Waals surface area contributed by atoms with Gasteiger partial charge in [-0.15, -0.1) is 0 Å². The second kappa shape index (κ2) is 12.7. The van der Waals surface area contributed by atoms with Crippen LogP contribution in [0, 0.1) is 0 Å². The normalized spacial score (nSPS) is 12.0. The number of ketones is 1. The number of carbonyl (C=O) groups excluding carboxylic acids is 1. The molecule has 0 saturated heterocycles. The van der Waals surface area contributed by atoms with Gasteiger partial charge in [-0.1, -0.05) is 30.3 Å². The van der Waals surface area contributed by atoms with E-state index in [1.807, 2.05) is 18.2 Å². The smallest absolute Gasteiger partial charge is 0.265 e. The topological polar surface area (TPSA) is 121 Å². The number of quaternary nitrogens is 1. The Hall–Kier alpha value is -2.30. The number of nitrogens with zero attached hydrogens (tertiary/aromatic N) is 1. The number of aliphatic hydroxyl groups is 2. The second-order valence-corrected chi connectivity index (χ2v) is 9.32. The maximum atomic E-state index is 12.5. The predicted molar refractivity (Wildman–Crippen MR) is 121 cm³/mol. The summed E-state index contributed by atoms with van der Waals surface area (Å²) >= 11 is 0. The van der Waals surface area contributed by atoms with Crippen LogP contribution in [0.3, 0.4) is 0 Å². The van der Waals surface area contributed by atoms with E-state index in [0.717, 1.165) is 0 Å². The molecule has 0 amide bonds. The van der Waals surface area contributed by atoms with Crippen molar-refractivity contribution >= 4 is 15.9 Å². The maximum absolute atomic E-state index is 12.5. The number of ether oxygens (including phenoxy) is 1. The van der Waals surface area contributed by atoms with Crippen LogP contribution in [0.15, 0.2) is 54.6 Å². The molecule has 8 nitrogen and oxygen atoms in total. The molecule has 0 aliphatic carbocycles. The number of aliphatic hydroxyl groups excluding tert-OH is 2. The van der Waals surface area contributed by atoms with Gasteiger partial charge in [0.25, 0.3) is 10.1 Å². The van der Waals surface area contributed by atoms with E-state index in [2.05, 4.69) is 0 Å². The zero-order chi connectivity index (χ0) is 23.5. The van der Waals surface area contributed by atoms with E-state index in [1.165, 1.54) is 0 Å². The summed E-state index contributed by atoms with van der Waals surface area (Å²) < 4.78 is 37.1. The minimum absolute atomic E-state index is 0.0582. The number of hydrogen-bond acceptors (Lipinski definition) is 6. The Morgan fingerprint density at radius 1 is 0.812 bits per heavy atom. The monoisotopic (exact) mass is 466 g/mol. The van der Waals surface area contributed by atoms with Crippen LogP contribution in [0.2, 0.25) is 0 Å². The van der Waals surface area contributed by atoms with Gasteiger partial charge in [0.05, 0.1) is 38.7 Å². The van der Waals surface area contributed by atoms with E-state index in [4.69, 9.17) is 9.29 Å². The number of hydrogen-bond donors (Lipinski definition) is 3. The third kappa shape index (κ3) is 8.68. The summed E-state index contributed by atoms with van der Waals surface area (Å²) in [7, 11) is -4.05. The van der Waals surface area contributed by atoms with E-state index in [-0.39, 0.29) is 31.2 Å². The Morgan fingerprint density at radius 2 is 1.38 bits per heavy atom. The molecule has 0 aromatic heterocycles. The van der Waals surface area contributed by atoms with E-state index in [0.29, 0.717) is 60.6 Å². The van der Waals surface area contributed by atoms with Crippen LogP contribution in [0.25, 0.3) is 0 Å². The summed E-state index contributed by atoms with van der Waals surface area (Å²) in [6.45, 7) is 1.95. The molecule has 2 rings (SSSR count). The third-order valence-electron chi connectivity index (χ3n) is 5.38. The standard InChI is InChI=1S/C23H31NO7S/c25-16-14-24(15-17-26,13-5-19-32(28,29)30)12-4-18-31-22-10-8-21(9-11-22)23(27)20-6-2-1-3-7-20/h1-3,6-11,25-26H,4-5,12-19H2/p+1. The highest BCUT2D eigenvalue weighted by molar-refractivity contribution is 7.85. The maximum Gasteiger partial charge on any atom is 0.265 e. The third-order valence-corrected chi connectivity index (χ3v) is 6.19. The molecule has 0 atom stereocenters. The molecule has 2 aromatic rings. The van der Waals surface area contributed by atoms with Gasteiger partial charge in [0.15, 0.2) is 5.78 Å². The average molecular weight is 467 g/mol. The Bertz CT molecular complexity index is 925. The van der Waals surface area contributed by atoms with Crippen molar-refractivity contribution in [2.24, 2.45) is 0 Å². The molecular formula is C23H32NO7S+. The largest absolute Gasteiger partial charge is 0.493 e. The van der Waals surface area contributed by atoms with Gasteiger partial charge in [-0.25, -0.2) is 0 Å². The molecule has 0 spiro atoms. The summed E-state index contributed by atoms with van der Waals surface area (Å²) in [5.41, 5.74) is 1.20. The molecule has 3 N–H and O–H groups in total. The summed E-state index contributed by atoms with van der Waals surface area (Å²) in [5, 5.41) is 18.9. The van der Waals surface area contributed by atoms with Crippen molar-refractivity contribution in [3.05, 3.63) is 65.7 Å². The molecular weight excluding hydrogens is 434 g/mol. The lowest BCUT2D eigenvalue weighted by molar-refractivity contribution is -0.928. The molecule has 0 aliphatic heterocycles. The second-order valence-electron chi connectivity index (χ2n) is 7.74. The molecule has 32 heavy (non-hydrogen) atoms. The summed E-state index contributed by atoms with van der Waals surface area (Å²) in [4.78, 5) is 12.5. The van der Waals surface area contributed by atoms with Crippen molar-refractivity contribution in [2.75, 3.05) is 51.8 Å². The van der Waals surface area contributed by atoms with Crippen molar-refractivity contribution in [3.8, 4) is 5.75 Å². The van der Waals surface area contributed by atoms with Gasteiger partial charge in [-0.2, -0.15) is 8.42 Å². The van der Waals surface area contributed by atoms with Gasteiger partial charge < -0.3 is 19.4 Å². The summed E-state index contributed by atoms with van der Waals surface area (Å²) in [6.07, 6.45) is 0.854. The van der Waals surface area contributed by atoms with E-state index in [9.17, 15) is 23.4 Å². The molecule has 0 fully saturated rings.